The van der Waals surface area contributed by atoms with Crippen LogP contribution >= 0.6 is 11.6 Å². The molecule has 23 heavy (non-hydrogen) atoms. The number of hydrogen-bond donors (Lipinski definition) is 0. The topological polar surface area (TPSA) is 9.23 Å². The highest BCUT2D eigenvalue weighted by atomic mass is 35.5. The largest absolute Gasteiger partial charge is 0.497 e. The zero-order valence-corrected chi connectivity index (χ0v) is 13.6. The molecule has 0 unspecified atom stereocenters. The zero-order valence-electron chi connectivity index (χ0n) is 12.9. The molecule has 0 saturated heterocycles. The number of rotatable bonds is 4. The molecule has 0 fully saturated rings. The fourth-order valence-corrected chi connectivity index (χ4v) is 2.86. The lowest BCUT2D eigenvalue weighted by atomic mass is 9.95. The summed E-state index contributed by atoms with van der Waals surface area (Å²) in [6.07, 6.45) is 0. The highest BCUT2D eigenvalue weighted by molar-refractivity contribution is 6.53. The van der Waals surface area contributed by atoms with Crippen LogP contribution in [0.15, 0.2) is 84.9 Å². The Morgan fingerprint density at radius 3 is 1.65 bits per heavy atom. The predicted octanol–water partition coefficient (Wildman–Crippen LogP) is 5.85. The van der Waals surface area contributed by atoms with Crippen LogP contribution in [0.4, 0.5) is 0 Å². The van der Waals surface area contributed by atoms with Crippen molar-refractivity contribution < 1.29 is 4.74 Å². The van der Waals surface area contributed by atoms with Gasteiger partial charge in [-0.1, -0.05) is 84.4 Å². The first-order valence-electron chi connectivity index (χ1n) is 7.44. The summed E-state index contributed by atoms with van der Waals surface area (Å²) in [5.41, 5.74) is 4.17. The zero-order chi connectivity index (χ0) is 16.1. The van der Waals surface area contributed by atoms with Crippen LogP contribution in [-0.2, 0) is 0 Å². The van der Waals surface area contributed by atoms with Crippen molar-refractivity contribution in [3.05, 3.63) is 102 Å². The Bertz CT molecular complexity index is 790. The van der Waals surface area contributed by atoms with Gasteiger partial charge in [-0.05, 0) is 28.8 Å². The molecule has 0 atom stereocenters. The van der Waals surface area contributed by atoms with E-state index in [4.69, 9.17) is 16.3 Å². The van der Waals surface area contributed by atoms with Crippen LogP contribution in [0.1, 0.15) is 16.7 Å². The summed E-state index contributed by atoms with van der Waals surface area (Å²) in [5, 5.41) is 0.738. The minimum atomic E-state index is 0.738. The third kappa shape index (κ3) is 3.46. The third-order valence-electron chi connectivity index (χ3n) is 3.69. The maximum absolute atomic E-state index is 6.76. The molecule has 3 aromatic carbocycles. The maximum atomic E-state index is 6.76. The third-order valence-corrected chi connectivity index (χ3v) is 4.10. The second-order valence-electron chi connectivity index (χ2n) is 5.15. The van der Waals surface area contributed by atoms with Crippen LogP contribution in [0.3, 0.4) is 0 Å². The van der Waals surface area contributed by atoms with E-state index in [2.05, 4.69) is 12.1 Å². The summed E-state index contributed by atoms with van der Waals surface area (Å²) in [6.45, 7) is 0. The van der Waals surface area contributed by atoms with Gasteiger partial charge in [0.2, 0.25) is 0 Å². The number of benzene rings is 3. The van der Waals surface area contributed by atoms with Gasteiger partial charge in [-0.15, -0.1) is 0 Å². The van der Waals surface area contributed by atoms with E-state index in [1.807, 2.05) is 72.8 Å². The minimum absolute atomic E-state index is 0.738. The first-order valence-corrected chi connectivity index (χ1v) is 7.82. The van der Waals surface area contributed by atoms with E-state index in [0.717, 1.165) is 33.0 Å². The minimum Gasteiger partial charge on any atom is -0.497 e. The normalized spacial score (nSPS) is 11.7. The Morgan fingerprint density at radius 1 is 0.652 bits per heavy atom. The molecule has 0 radical (unpaired) electrons. The van der Waals surface area contributed by atoms with E-state index in [9.17, 15) is 0 Å². The van der Waals surface area contributed by atoms with Crippen molar-refractivity contribution in [1.82, 2.24) is 0 Å². The van der Waals surface area contributed by atoms with Gasteiger partial charge in [0.25, 0.3) is 0 Å². The SMILES string of the molecule is COc1ccc(/C(=C(/Cl)c2ccccc2)c2ccccc2)cc1. The Morgan fingerprint density at radius 2 is 1.13 bits per heavy atom. The van der Waals surface area contributed by atoms with Gasteiger partial charge in [0.15, 0.2) is 0 Å². The van der Waals surface area contributed by atoms with Crippen molar-refractivity contribution in [1.29, 1.82) is 0 Å². The Labute approximate surface area is 141 Å². The number of hydrogen-bond acceptors (Lipinski definition) is 1. The highest BCUT2D eigenvalue weighted by Crippen LogP contribution is 2.35. The lowest BCUT2D eigenvalue weighted by molar-refractivity contribution is 0.415. The quantitative estimate of drug-likeness (QED) is 0.548. The molecule has 0 amide bonds. The van der Waals surface area contributed by atoms with Gasteiger partial charge in [-0.3, -0.25) is 0 Å². The van der Waals surface area contributed by atoms with E-state index in [1.165, 1.54) is 0 Å². The number of methoxy groups -OCH3 is 1. The monoisotopic (exact) mass is 320 g/mol. The first-order chi connectivity index (χ1) is 11.3. The fourth-order valence-electron chi connectivity index (χ4n) is 2.51. The molecule has 0 spiro atoms. The van der Waals surface area contributed by atoms with Gasteiger partial charge in [-0.2, -0.15) is 0 Å². The molecule has 0 saturated carbocycles. The molecule has 0 heterocycles. The molecule has 0 aliphatic carbocycles. The summed E-state index contributed by atoms with van der Waals surface area (Å²) in [7, 11) is 1.67. The molecule has 114 valence electrons. The Kier molecular flexibility index (Phi) is 4.80. The summed E-state index contributed by atoms with van der Waals surface area (Å²) in [6, 6.07) is 28.2. The van der Waals surface area contributed by atoms with Crippen LogP contribution < -0.4 is 4.74 Å². The van der Waals surface area contributed by atoms with Gasteiger partial charge < -0.3 is 4.74 Å². The maximum Gasteiger partial charge on any atom is 0.118 e. The molecular formula is C21H17ClO. The summed E-state index contributed by atoms with van der Waals surface area (Å²) < 4.78 is 5.25. The molecule has 0 aliphatic heterocycles. The molecule has 0 N–H and O–H groups in total. The molecule has 3 rings (SSSR count). The molecule has 3 aromatic rings. The van der Waals surface area contributed by atoms with Crippen LogP contribution in [0.5, 0.6) is 5.75 Å². The molecule has 0 aliphatic rings. The van der Waals surface area contributed by atoms with E-state index in [0.29, 0.717) is 0 Å². The van der Waals surface area contributed by atoms with E-state index < -0.39 is 0 Å². The second-order valence-corrected chi connectivity index (χ2v) is 5.53. The Balaban J connectivity index is 2.18. The standard InChI is InChI=1S/C21H17ClO/c1-23-19-14-12-17(13-15-19)20(16-8-4-2-5-9-16)21(22)18-10-6-3-7-11-18/h2-15H,1H3/b21-20+. The predicted molar refractivity (Wildman–Crippen MR) is 97.6 cm³/mol. The molecule has 0 bridgehead atoms. The molecule has 1 nitrogen and oxygen atoms in total. The van der Waals surface area contributed by atoms with Gasteiger partial charge in [0.1, 0.15) is 5.75 Å². The lowest BCUT2D eigenvalue weighted by Crippen LogP contribution is -1.92. The molecular weight excluding hydrogens is 304 g/mol. The van der Waals surface area contributed by atoms with Crippen LogP contribution in [0.2, 0.25) is 0 Å². The molecule has 2 heteroatoms. The van der Waals surface area contributed by atoms with E-state index in [-0.39, 0.29) is 0 Å². The van der Waals surface area contributed by atoms with Gasteiger partial charge in [-0.25, -0.2) is 0 Å². The second kappa shape index (κ2) is 7.17. The first kappa shape index (κ1) is 15.4. The Hall–Kier alpha value is -2.51. The highest BCUT2D eigenvalue weighted by Gasteiger charge is 2.12. The van der Waals surface area contributed by atoms with Gasteiger partial charge in [0.05, 0.1) is 12.1 Å². The number of halogens is 1. The van der Waals surface area contributed by atoms with E-state index >= 15 is 0 Å². The average Bonchev–Trinajstić information content (AvgIpc) is 2.64. The lowest BCUT2D eigenvalue weighted by Gasteiger charge is -2.13. The van der Waals surface area contributed by atoms with Crippen LogP contribution in [0, 0.1) is 0 Å². The summed E-state index contributed by atoms with van der Waals surface area (Å²) >= 11 is 6.76. The van der Waals surface area contributed by atoms with Gasteiger partial charge >= 0.3 is 0 Å². The summed E-state index contributed by atoms with van der Waals surface area (Å²) in [4.78, 5) is 0. The van der Waals surface area contributed by atoms with Crippen LogP contribution in [-0.4, -0.2) is 7.11 Å². The fraction of sp³-hybridized carbons (Fsp3) is 0.0476. The van der Waals surface area contributed by atoms with Gasteiger partial charge in [0, 0.05) is 5.57 Å². The van der Waals surface area contributed by atoms with Crippen molar-refractivity contribution >= 4 is 22.2 Å². The van der Waals surface area contributed by atoms with Crippen molar-refractivity contribution in [2.45, 2.75) is 0 Å². The smallest absolute Gasteiger partial charge is 0.118 e. The van der Waals surface area contributed by atoms with E-state index in [1.54, 1.807) is 7.11 Å². The summed E-state index contributed by atoms with van der Waals surface area (Å²) in [5.74, 6) is 0.831. The van der Waals surface area contributed by atoms with Crippen molar-refractivity contribution in [2.24, 2.45) is 0 Å². The average molecular weight is 321 g/mol. The number of ether oxygens (including phenoxy) is 1. The van der Waals surface area contributed by atoms with Crippen molar-refractivity contribution in [2.75, 3.05) is 7.11 Å². The van der Waals surface area contributed by atoms with Crippen molar-refractivity contribution in [3.8, 4) is 5.75 Å². The van der Waals surface area contributed by atoms with Crippen molar-refractivity contribution in [3.63, 3.8) is 0 Å². The molecule has 0 aromatic heterocycles. The van der Waals surface area contributed by atoms with Crippen LogP contribution in [0.25, 0.3) is 10.6 Å².